The molecule has 1 spiro atoms. The summed E-state index contributed by atoms with van der Waals surface area (Å²) in [6.07, 6.45) is 5.57. The Balaban J connectivity index is 1.87. The highest BCUT2D eigenvalue weighted by atomic mass is 16.5. The lowest BCUT2D eigenvalue weighted by Gasteiger charge is -2.34. The number of rotatable bonds is 3. The summed E-state index contributed by atoms with van der Waals surface area (Å²) in [4.78, 5) is 5.01. The van der Waals surface area contributed by atoms with Gasteiger partial charge in [-0.05, 0) is 36.8 Å². The van der Waals surface area contributed by atoms with E-state index in [1.165, 1.54) is 23.3 Å². The largest absolute Gasteiger partial charge is 0.353 e. The van der Waals surface area contributed by atoms with Crippen molar-refractivity contribution in [2.45, 2.75) is 58.6 Å². The van der Waals surface area contributed by atoms with Crippen LogP contribution in [0, 0.1) is 5.41 Å². The van der Waals surface area contributed by atoms with Crippen molar-refractivity contribution in [3.8, 4) is 0 Å². The summed E-state index contributed by atoms with van der Waals surface area (Å²) in [6.45, 7) is 7.66. The Morgan fingerprint density at radius 2 is 1.95 bits per heavy atom. The van der Waals surface area contributed by atoms with Crippen LogP contribution in [0.3, 0.4) is 0 Å². The monoisotopic (exact) mass is 271 g/mol. The van der Waals surface area contributed by atoms with Crippen LogP contribution in [0.1, 0.15) is 57.6 Å². The molecule has 0 aromatic heterocycles. The summed E-state index contributed by atoms with van der Waals surface area (Å²) in [5.74, 6) is 0. The molecule has 0 radical (unpaired) electrons. The molecule has 2 aliphatic heterocycles. The zero-order chi connectivity index (χ0) is 14.2. The fourth-order valence-corrected chi connectivity index (χ4v) is 3.53. The van der Waals surface area contributed by atoms with Gasteiger partial charge in [0.25, 0.3) is 0 Å². The molecule has 2 heterocycles. The summed E-state index contributed by atoms with van der Waals surface area (Å²) in [7, 11) is 0. The summed E-state index contributed by atoms with van der Waals surface area (Å²) in [5, 5.41) is 0. The first kappa shape index (κ1) is 13.8. The van der Waals surface area contributed by atoms with Crippen LogP contribution in [0.5, 0.6) is 0 Å². The maximum atomic E-state index is 6.04. The van der Waals surface area contributed by atoms with Crippen LogP contribution in [0.2, 0.25) is 0 Å². The Morgan fingerprint density at radius 1 is 1.20 bits per heavy atom. The van der Waals surface area contributed by atoms with Crippen molar-refractivity contribution in [2.75, 3.05) is 6.61 Å². The molecule has 0 N–H and O–H groups in total. The van der Waals surface area contributed by atoms with E-state index in [9.17, 15) is 0 Å². The first-order chi connectivity index (χ1) is 9.56. The number of aryl methyl sites for hydroxylation is 1. The maximum Gasteiger partial charge on any atom is 0.164 e. The van der Waals surface area contributed by atoms with E-state index in [1.807, 2.05) is 0 Å². The topological polar surface area (TPSA) is 21.6 Å². The van der Waals surface area contributed by atoms with Gasteiger partial charge in [0.2, 0.25) is 0 Å². The molecule has 3 rings (SSSR count). The fraction of sp³-hybridized carbons (Fsp3) is 0.611. The molecule has 0 bridgehead atoms. The zero-order valence-corrected chi connectivity index (χ0v) is 12.9. The van der Waals surface area contributed by atoms with Crippen LogP contribution in [0.25, 0.3) is 0 Å². The third kappa shape index (κ3) is 2.20. The second kappa shape index (κ2) is 5.00. The lowest BCUT2D eigenvalue weighted by Crippen LogP contribution is -2.38. The Kier molecular flexibility index (Phi) is 3.45. The Morgan fingerprint density at radius 3 is 2.55 bits per heavy atom. The molecule has 1 unspecified atom stereocenters. The number of nitrogens with zero attached hydrogens (tertiary/aromatic N) is 1. The minimum absolute atomic E-state index is 0.112. The van der Waals surface area contributed by atoms with E-state index in [1.54, 1.807) is 0 Å². The SMILES string of the molecule is CCCc1ccc(C2=NC3(CCCO3)C(C)(C)C2)cc1. The van der Waals surface area contributed by atoms with Crippen molar-refractivity contribution in [3.63, 3.8) is 0 Å². The van der Waals surface area contributed by atoms with Crippen LogP contribution < -0.4 is 0 Å². The van der Waals surface area contributed by atoms with Crippen molar-refractivity contribution in [1.29, 1.82) is 0 Å². The van der Waals surface area contributed by atoms with Gasteiger partial charge in [-0.15, -0.1) is 0 Å². The smallest absolute Gasteiger partial charge is 0.164 e. The van der Waals surface area contributed by atoms with Crippen LogP contribution in [-0.4, -0.2) is 18.0 Å². The second-order valence-corrected chi connectivity index (χ2v) is 6.80. The van der Waals surface area contributed by atoms with Gasteiger partial charge in [0, 0.05) is 17.7 Å². The number of ether oxygens (including phenoxy) is 1. The molecule has 0 aliphatic carbocycles. The van der Waals surface area contributed by atoms with Crippen molar-refractivity contribution in [3.05, 3.63) is 35.4 Å². The Labute approximate surface area is 122 Å². The molecule has 20 heavy (non-hydrogen) atoms. The third-order valence-electron chi connectivity index (χ3n) is 4.81. The van der Waals surface area contributed by atoms with Gasteiger partial charge < -0.3 is 4.74 Å². The highest BCUT2D eigenvalue weighted by Crippen LogP contribution is 2.50. The molecular weight excluding hydrogens is 246 g/mol. The van der Waals surface area contributed by atoms with Gasteiger partial charge in [-0.25, -0.2) is 0 Å². The molecule has 0 amide bonds. The normalized spacial score (nSPS) is 28.1. The van der Waals surface area contributed by atoms with Crippen molar-refractivity contribution >= 4 is 5.71 Å². The number of aliphatic imine (C=N–C) groups is 1. The molecule has 1 aromatic rings. The van der Waals surface area contributed by atoms with Gasteiger partial charge >= 0.3 is 0 Å². The zero-order valence-electron chi connectivity index (χ0n) is 12.9. The first-order valence-corrected chi connectivity index (χ1v) is 7.88. The van der Waals surface area contributed by atoms with Crippen LogP contribution >= 0.6 is 0 Å². The maximum absolute atomic E-state index is 6.04. The summed E-state index contributed by atoms with van der Waals surface area (Å²) < 4.78 is 6.04. The summed E-state index contributed by atoms with van der Waals surface area (Å²) >= 11 is 0. The van der Waals surface area contributed by atoms with Crippen LogP contribution in [0.15, 0.2) is 29.3 Å². The van der Waals surface area contributed by atoms with E-state index >= 15 is 0 Å². The lowest BCUT2D eigenvalue weighted by atomic mass is 9.78. The molecule has 1 saturated heterocycles. The fourth-order valence-electron chi connectivity index (χ4n) is 3.53. The minimum Gasteiger partial charge on any atom is -0.353 e. The lowest BCUT2D eigenvalue weighted by molar-refractivity contribution is -0.0654. The Bertz CT molecular complexity index is 507. The van der Waals surface area contributed by atoms with Gasteiger partial charge in [-0.1, -0.05) is 51.5 Å². The van der Waals surface area contributed by atoms with Gasteiger partial charge in [-0.2, -0.15) is 0 Å². The van der Waals surface area contributed by atoms with Crippen LogP contribution in [0.4, 0.5) is 0 Å². The van der Waals surface area contributed by atoms with E-state index in [0.29, 0.717) is 0 Å². The predicted octanol–water partition coefficient (Wildman–Crippen LogP) is 4.36. The van der Waals surface area contributed by atoms with E-state index in [-0.39, 0.29) is 11.1 Å². The van der Waals surface area contributed by atoms with Crippen molar-refractivity contribution in [1.82, 2.24) is 0 Å². The quantitative estimate of drug-likeness (QED) is 0.800. The third-order valence-corrected chi connectivity index (χ3v) is 4.81. The van der Waals surface area contributed by atoms with E-state index in [2.05, 4.69) is 45.0 Å². The molecular formula is C18H25NO. The van der Waals surface area contributed by atoms with Crippen molar-refractivity contribution in [2.24, 2.45) is 10.4 Å². The number of hydrogen-bond acceptors (Lipinski definition) is 2. The van der Waals surface area contributed by atoms with Gasteiger partial charge in [0.15, 0.2) is 5.72 Å². The average Bonchev–Trinajstić information content (AvgIpc) is 2.98. The van der Waals surface area contributed by atoms with Gasteiger partial charge in [-0.3, -0.25) is 4.99 Å². The molecule has 108 valence electrons. The summed E-state index contributed by atoms with van der Waals surface area (Å²) in [6, 6.07) is 8.95. The van der Waals surface area contributed by atoms with Crippen molar-refractivity contribution < 1.29 is 4.74 Å². The van der Waals surface area contributed by atoms with E-state index in [0.717, 1.165) is 32.3 Å². The second-order valence-electron chi connectivity index (χ2n) is 6.80. The molecule has 0 saturated carbocycles. The highest BCUT2D eigenvalue weighted by molar-refractivity contribution is 6.02. The molecule has 2 heteroatoms. The van der Waals surface area contributed by atoms with Crippen LogP contribution in [-0.2, 0) is 11.2 Å². The van der Waals surface area contributed by atoms with Gasteiger partial charge in [0.1, 0.15) is 0 Å². The Hall–Kier alpha value is -1.15. The first-order valence-electron chi connectivity index (χ1n) is 7.88. The van der Waals surface area contributed by atoms with E-state index < -0.39 is 0 Å². The predicted molar refractivity (Wildman–Crippen MR) is 83.3 cm³/mol. The summed E-state index contributed by atoms with van der Waals surface area (Å²) in [5.41, 5.74) is 3.76. The minimum atomic E-state index is -0.260. The number of hydrogen-bond donors (Lipinski definition) is 0. The molecule has 2 aliphatic rings. The molecule has 2 nitrogen and oxygen atoms in total. The standard InChI is InChI=1S/C18H25NO/c1-4-6-14-7-9-15(10-8-14)16-13-17(2,3)18(19-16)11-5-12-20-18/h7-10H,4-6,11-13H2,1-3H3. The molecule has 1 fully saturated rings. The molecule has 1 atom stereocenters. The molecule has 1 aromatic carbocycles. The van der Waals surface area contributed by atoms with Gasteiger partial charge in [0.05, 0.1) is 0 Å². The van der Waals surface area contributed by atoms with E-state index in [4.69, 9.17) is 9.73 Å². The average molecular weight is 271 g/mol. The number of benzene rings is 1. The highest BCUT2D eigenvalue weighted by Gasteiger charge is 2.53.